The summed E-state index contributed by atoms with van der Waals surface area (Å²) in [6, 6.07) is 23.6. The van der Waals surface area contributed by atoms with Crippen LogP contribution in [0.5, 0.6) is 0 Å². The molecule has 0 aliphatic rings. The van der Waals surface area contributed by atoms with Crippen LogP contribution in [0.3, 0.4) is 0 Å². The van der Waals surface area contributed by atoms with Gasteiger partial charge in [-0.15, -0.1) is 10.2 Å². The van der Waals surface area contributed by atoms with Gasteiger partial charge in [0.15, 0.2) is 0 Å². The van der Waals surface area contributed by atoms with Crippen molar-refractivity contribution in [1.29, 1.82) is 0 Å². The molecule has 0 saturated heterocycles. The number of anilines is 1. The number of aromatic nitrogens is 2. The Bertz CT molecular complexity index is 1460. The molecular formula is C28H33N5O3S. The van der Waals surface area contributed by atoms with Crippen LogP contribution in [-0.2, 0) is 34.9 Å². The maximum Gasteiger partial charge on any atom is 0.247 e. The lowest BCUT2D eigenvalue weighted by Crippen LogP contribution is -2.35. The second kappa shape index (κ2) is 10.8. The molecule has 1 aromatic heterocycles. The summed E-state index contributed by atoms with van der Waals surface area (Å²) in [4.78, 5) is 2.12. The van der Waals surface area contributed by atoms with Crippen molar-refractivity contribution in [3.05, 3.63) is 101 Å². The summed E-state index contributed by atoms with van der Waals surface area (Å²) < 4.78 is 32.7. The van der Waals surface area contributed by atoms with Crippen LogP contribution in [0.25, 0.3) is 11.5 Å². The van der Waals surface area contributed by atoms with E-state index in [0.29, 0.717) is 30.0 Å². The van der Waals surface area contributed by atoms with Gasteiger partial charge < -0.3 is 15.1 Å². The van der Waals surface area contributed by atoms with Gasteiger partial charge in [0.1, 0.15) is 0 Å². The number of rotatable bonds is 10. The third kappa shape index (κ3) is 7.25. The Hall–Kier alpha value is -3.53. The first-order chi connectivity index (χ1) is 17.5. The standard InChI is InChI=1S/C28H33N5O3S/c1-28(29,18-20-10-6-5-7-11-20)27-31-30-26(36-27)24-15-21(16-25(17-24)32-37(4,34)35)14-22-12-8-9-13-23(22)19-33(2)3/h5-13,15-17,32H,14,18-19,29H2,1-4H3. The maximum absolute atomic E-state index is 12.0. The molecule has 1 heterocycles. The average molecular weight is 520 g/mol. The van der Waals surface area contributed by atoms with Crippen molar-refractivity contribution >= 4 is 15.7 Å². The van der Waals surface area contributed by atoms with Crippen LogP contribution in [0.15, 0.2) is 77.2 Å². The summed E-state index contributed by atoms with van der Waals surface area (Å²) in [5.41, 5.74) is 11.1. The minimum atomic E-state index is -3.49. The van der Waals surface area contributed by atoms with Gasteiger partial charge in [0, 0.05) is 17.8 Å². The van der Waals surface area contributed by atoms with Crippen LogP contribution in [0, 0.1) is 0 Å². The Kier molecular flexibility index (Phi) is 7.77. The molecule has 37 heavy (non-hydrogen) atoms. The van der Waals surface area contributed by atoms with E-state index in [4.69, 9.17) is 10.2 Å². The molecule has 4 aromatic rings. The molecule has 9 heteroatoms. The van der Waals surface area contributed by atoms with Crippen molar-refractivity contribution in [1.82, 2.24) is 15.1 Å². The molecule has 8 nitrogen and oxygen atoms in total. The summed E-state index contributed by atoms with van der Waals surface area (Å²) in [5, 5.41) is 8.50. The largest absolute Gasteiger partial charge is 0.419 e. The molecule has 0 saturated carbocycles. The third-order valence-electron chi connectivity index (χ3n) is 5.87. The summed E-state index contributed by atoms with van der Waals surface area (Å²) >= 11 is 0. The monoisotopic (exact) mass is 519 g/mol. The van der Waals surface area contributed by atoms with Crippen molar-refractivity contribution < 1.29 is 12.8 Å². The van der Waals surface area contributed by atoms with Crippen molar-refractivity contribution in [3.8, 4) is 11.5 Å². The van der Waals surface area contributed by atoms with Gasteiger partial charge in [-0.1, -0.05) is 54.6 Å². The van der Waals surface area contributed by atoms with E-state index in [1.54, 1.807) is 6.07 Å². The fourth-order valence-corrected chi connectivity index (χ4v) is 4.85. The average Bonchev–Trinajstić information content (AvgIpc) is 3.31. The molecule has 194 valence electrons. The van der Waals surface area contributed by atoms with Crippen molar-refractivity contribution in [3.63, 3.8) is 0 Å². The fourth-order valence-electron chi connectivity index (χ4n) is 4.30. The zero-order valence-electron chi connectivity index (χ0n) is 21.6. The lowest BCUT2D eigenvalue weighted by Gasteiger charge is -2.20. The lowest BCUT2D eigenvalue weighted by atomic mass is 9.94. The number of nitrogens with zero attached hydrogens (tertiary/aromatic N) is 3. The van der Waals surface area contributed by atoms with Crippen molar-refractivity contribution in [2.75, 3.05) is 25.1 Å². The van der Waals surface area contributed by atoms with Gasteiger partial charge in [0.2, 0.25) is 21.8 Å². The number of nitrogens with one attached hydrogen (secondary N) is 1. The second-order valence-corrected chi connectivity index (χ2v) is 11.7. The summed E-state index contributed by atoms with van der Waals surface area (Å²) in [5.74, 6) is 0.588. The van der Waals surface area contributed by atoms with E-state index in [2.05, 4.69) is 32.0 Å². The molecular weight excluding hydrogens is 486 g/mol. The molecule has 0 fully saturated rings. The molecule has 0 amide bonds. The molecule has 3 aromatic carbocycles. The first-order valence-electron chi connectivity index (χ1n) is 12.0. The molecule has 0 spiro atoms. The van der Waals surface area contributed by atoms with Gasteiger partial charge in [0.05, 0.1) is 11.8 Å². The topological polar surface area (TPSA) is 114 Å². The molecule has 0 aliphatic carbocycles. The van der Waals surface area contributed by atoms with Crippen LogP contribution in [0.2, 0.25) is 0 Å². The van der Waals surface area contributed by atoms with Gasteiger partial charge in [-0.2, -0.15) is 0 Å². The Morgan fingerprint density at radius 1 is 0.946 bits per heavy atom. The summed E-state index contributed by atoms with van der Waals surface area (Å²) in [6.07, 6.45) is 2.26. The number of hydrogen-bond acceptors (Lipinski definition) is 7. The Balaban J connectivity index is 1.68. The number of benzene rings is 3. The third-order valence-corrected chi connectivity index (χ3v) is 6.48. The highest BCUT2D eigenvalue weighted by atomic mass is 32.2. The smallest absolute Gasteiger partial charge is 0.247 e. The Morgan fingerprint density at radius 3 is 2.30 bits per heavy atom. The molecule has 3 N–H and O–H groups in total. The minimum Gasteiger partial charge on any atom is -0.419 e. The van der Waals surface area contributed by atoms with E-state index in [0.717, 1.165) is 29.5 Å². The first kappa shape index (κ1) is 26.5. The van der Waals surface area contributed by atoms with Crippen LogP contribution in [0.1, 0.15) is 35.1 Å². The predicted molar refractivity (Wildman–Crippen MR) is 147 cm³/mol. The Labute approximate surface area is 218 Å². The lowest BCUT2D eigenvalue weighted by molar-refractivity contribution is 0.355. The maximum atomic E-state index is 12.0. The highest BCUT2D eigenvalue weighted by molar-refractivity contribution is 7.92. The van der Waals surface area contributed by atoms with Gasteiger partial charge in [-0.25, -0.2) is 8.42 Å². The van der Waals surface area contributed by atoms with E-state index >= 15 is 0 Å². The zero-order chi connectivity index (χ0) is 26.6. The van der Waals surface area contributed by atoms with Crippen molar-refractivity contribution in [2.45, 2.75) is 31.8 Å². The van der Waals surface area contributed by atoms with Crippen LogP contribution >= 0.6 is 0 Å². The van der Waals surface area contributed by atoms with E-state index in [-0.39, 0.29) is 5.89 Å². The molecule has 1 unspecified atom stereocenters. The molecule has 0 radical (unpaired) electrons. The van der Waals surface area contributed by atoms with E-state index in [9.17, 15) is 8.42 Å². The molecule has 0 bridgehead atoms. The zero-order valence-corrected chi connectivity index (χ0v) is 22.4. The number of sulfonamides is 1. The second-order valence-electron chi connectivity index (χ2n) is 9.97. The Morgan fingerprint density at radius 2 is 1.62 bits per heavy atom. The molecule has 4 rings (SSSR count). The highest BCUT2D eigenvalue weighted by Crippen LogP contribution is 2.29. The SMILES string of the molecule is CN(C)Cc1ccccc1Cc1cc(NS(C)(=O)=O)cc(-c2nnc(C(C)(N)Cc3ccccc3)o2)c1. The first-order valence-corrected chi connectivity index (χ1v) is 13.9. The van der Waals surface area contributed by atoms with Crippen LogP contribution < -0.4 is 10.5 Å². The van der Waals surface area contributed by atoms with E-state index in [1.807, 2.05) is 75.6 Å². The van der Waals surface area contributed by atoms with Crippen LogP contribution in [0.4, 0.5) is 5.69 Å². The number of hydrogen-bond donors (Lipinski definition) is 2. The fraction of sp³-hybridized carbons (Fsp3) is 0.286. The van der Waals surface area contributed by atoms with E-state index < -0.39 is 15.6 Å². The summed E-state index contributed by atoms with van der Waals surface area (Å²) in [7, 11) is 0.573. The molecule has 0 aliphatic heterocycles. The number of nitrogens with two attached hydrogens (primary N) is 1. The van der Waals surface area contributed by atoms with Gasteiger partial charge in [0.25, 0.3) is 0 Å². The molecule has 1 atom stereocenters. The summed E-state index contributed by atoms with van der Waals surface area (Å²) in [6.45, 7) is 2.65. The van der Waals surface area contributed by atoms with Crippen molar-refractivity contribution in [2.24, 2.45) is 5.73 Å². The normalized spacial score (nSPS) is 13.5. The van der Waals surface area contributed by atoms with E-state index in [1.165, 1.54) is 5.56 Å². The van der Waals surface area contributed by atoms with Gasteiger partial charge in [-0.3, -0.25) is 4.72 Å². The predicted octanol–water partition coefficient (Wildman–Crippen LogP) is 4.18. The van der Waals surface area contributed by atoms with Gasteiger partial charge in [-0.05, 0) is 74.3 Å². The van der Waals surface area contributed by atoms with Crippen LogP contribution in [-0.4, -0.2) is 43.9 Å². The van der Waals surface area contributed by atoms with Gasteiger partial charge >= 0.3 is 0 Å². The minimum absolute atomic E-state index is 0.278. The quantitative estimate of drug-likeness (QED) is 0.323. The highest BCUT2D eigenvalue weighted by Gasteiger charge is 2.29.